The standard InChI is InChI=1S/C9H12N2O3/c1-3-10-8(13)7-5(2)6(12)4-11-9(7)14/h3-4H2,1-2H3,(H,10,13)(H,11,14). The van der Waals surface area contributed by atoms with Crippen molar-refractivity contribution in [2.75, 3.05) is 13.1 Å². The lowest BCUT2D eigenvalue weighted by Crippen LogP contribution is -2.42. The van der Waals surface area contributed by atoms with Gasteiger partial charge in [-0.05, 0) is 13.8 Å². The molecule has 0 aliphatic carbocycles. The van der Waals surface area contributed by atoms with Crippen LogP contribution in [0.4, 0.5) is 0 Å². The zero-order valence-corrected chi connectivity index (χ0v) is 8.14. The van der Waals surface area contributed by atoms with Gasteiger partial charge in [0.05, 0.1) is 6.54 Å². The van der Waals surface area contributed by atoms with Crippen LogP contribution in [0, 0.1) is 0 Å². The fourth-order valence-electron chi connectivity index (χ4n) is 1.21. The van der Waals surface area contributed by atoms with Crippen LogP contribution in [0.15, 0.2) is 11.1 Å². The zero-order chi connectivity index (χ0) is 10.7. The molecule has 1 rings (SSSR count). The Balaban J connectivity index is 3.02. The summed E-state index contributed by atoms with van der Waals surface area (Å²) in [6, 6.07) is 0. The number of ketones is 1. The fourth-order valence-corrected chi connectivity index (χ4v) is 1.21. The molecule has 0 fully saturated rings. The third kappa shape index (κ3) is 1.81. The predicted octanol–water partition coefficient (Wildman–Crippen LogP) is -0.862. The summed E-state index contributed by atoms with van der Waals surface area (Å²) in [5, 5.41) is 4.83. The summed E-state index contributed by atoms with van der Waals surface area (Å²) < 4.78 is 0. The first-order chi connectivity index (χ1) is 6.57. The maximum Gasteiger partial charge on any atom is 0.257 e. The normalized spacial score (nSPS) is 16.7. The lowest BCUT2D eigenvalue weighted by Gasteiger charge is -2.16. The van der Waals surface area contributed by atoms with E-state index >= 15 is 0 Å². The Kier molecular flexibility index (Phi) is 3.01. The second-order valence-electron chi connectivity index (χ2n) is 2.97. The van der Waals surface area contributed by atoms with Crippen LogP contribution < -0.4 is 10.6 Å². The number of carbonyl (C=O) groups excluding carboxylic acids is 3. The van der Waals surface area contributed by atoms with E-state index in [2.05, 4.69) is 10.6 Å². The summed E-state index contributed by atoms with van der Waals surface area (Å²) >= 11 is 0. The van der Waals surface area contributed by atoms with E-state index in [0.29, 0.717) is 6.54 Å². The molecule has 0 spiro atoms. The van der Waals surface area contributed by atoms with Crippen LogP contribution in [0.1, 0.15) is 13.8 Å². The van der Waals surface area contributed by atoms with Crippen molar-refractivity contribution in [3.05, 3.63) is 11.1 Å². The van der Waals surface area contributed by atoms with Gasteiger partial charge < -0.3 is 10.6 Å². The largest absolute Gasteiger partial charge is 0.352 e. The Bertz CT molecular complexity index is 331. The molecule has 0 unspecified atom stereocenters. The summed E-state index contributed by atoms with van der Waals surface area (Å²) in [5.74, 6) is -1.19. The molecule has 0 radical (unpaired) electrons. The monoisotopic (exact) mass is 196 g/mol. The second kappa shape index (κ2) is 4.04. The van der Waals surface area contributed by atoms with Gasteiger partial charge in [0.25, 0.3) is 11.8 Å². The molecular weight excluding hydrogens is 184 g/mol. The summed E-state index contributed by atoms with van der Waals surface area (Å²) in [6.45, 7) is 3.65. The number of carbonyl (C=O) groups is 3. The number of likely N-dealkylation sites (N-methyl/N-ethyl adjacent to an activating group) is 1. The highest BCUT2D eigenvalue weighted by molar-refractivity contribution is 6.25. The quantitative estimate of drug-likeness (QED) is 0.564. The van der Waals surface area contributed by atoms with Crippen molar-refractivity contribution in [1.29, 1.82) is 0 Å². The molecule has 0 saturated heterocycles. The molecule has 5 nitrogen and oxygen atoms in total. The second-order valence-corrected chi connectivity index (χ2v) is 2.97. The average Bonchev–Trinajstić information content (AvgIpc) is 2.13. The van der Waals surface area contributed by atoms with E-state index in [9.17, 15) is 14.4 Å². The van der Waals surface area contributed by atoms with Gasteiger partial charge in [0.2, 0.25) is 0 Å². The molecule has 0 atom stereocenters. The minimum atomic E-state index is -0.490. The van der Waals surface area contributed by atoms with Crippen molar-refractivity contribution in [2.24, 2.45) is 0 Å². The van der Waals surface area contributed by atoms with E-state index in [4.69, 9.17) is 0 Å². The van der Waals surface area contributed by atoms with Crippen LogP contribution in [0.3, 0.4) is 0 Å². The van der Waals surface area contributed by atoms with Crippen LogP contribution in [0.5, 0.6) is 0 Å². The predicted molar refractivity (Wildman–Crippen MR) is 49.4 cm³/mol. The molecule has 0 aromatic rings. The number of rotatable bonds is 2. The van der Waals surface area contributed by atoms with E-state index < -0.39 is 11.8 Å². The Hall–Kier alpha value is -1.65. The molecule has 0 aromatic heterocycles. The Labute approximate surface area is 81.5 Å². The smallest absolute Gasteiger partial charge is 0.257 e. The SMILES string of the molecule is CCNC(=O)C1=C(C)C(=O)CNC1=O. The molecule has 5 heteroatoms. The first-order valence-corrected chi connectivity index (χ1v) is 4.38. The van der Waals surface area contributed by atoms with E-state index in [0.717, 1.165) is 0 Å². The molecule has 1 heterocycles. The lowest BCUT2D eigenvalue weighted by atomic mass is 10.0. The third-order valence-corrected chi connectivity index (χ3v) is 1.99. The zero-order valence-electron chi connectivity index (χ0n) is 8.14. The third-order valence-electron chi connectivity index (χ3n) is 1.99. The first kappa shape index (κ1) is 10.4. The summed E-state index contributed by atoms with van der Waals surface area (Å²) in [7, 11) is 0. The fraction of sp³-hybridized carbons (Fsp3) is 0.444. The highest BCUT2D eigenvalue weighted by Gasteiger charge is 2.28. The van der Waals surface area contributed by atoms with Gasteiger partial charge in [-0.15, -0.1) is 0 Å². The topological polar surface area (TPSA) is 75.3 Å². The van der Waals surface area contributed by atoms with Crippen molar-refractivity contribution < 1.29 is 14.4 Å². The Morgan fingerprint density at radius 2 is 2.14 bits per heavy atom. The van der Waals surface area contributed by atoms with Gasteiger partial charge in [-0.25, -0.2) is 0 Å². The van der Waals surface area contributed by atoms with Crippen LogP contribution >= 0.6 is 0 Å². The number of hydrogen-bond acceptors (Lipinski definition) is 3. The van der Waals surface area contributed by atoms with Gasteiger partial charge in [0.1, 0.15) is 5.57 Å². The molecule has 76 valence electrons. The minimum Gasteiger partial charge on any atom is -0.352 e. The summed E-state index contributed by atoms with van der Waals surface area (Å²) in [5.41, 5.74) is 0.169. The number of hydrogen-bond donors (Lipinski definition) is 2. The minimum absolute atomic E-state index is 0.0203. The lowest BCUT2D eigenvalue weighted by molar-refractivity contribution is -0.127. The van der Waals surface area contributed by atoms with Crippen molar-refractivity contribution in [2.45, 2.75) is 13.8 Å². The van der Waals surface area contributed by atoms with E-state index in [1.165, 1.54) is 6.92 Å². The molecule has 2 N–H and O–H groups in total. The molecule has 0 bridgehead atoms. The average molecular weight is 196 g/mol. The summed E-state index contributed by atoms with van der Waals surface area (Å²) in [6.07, 6.45) is 0. The number of Topliss-reactive ketones (excluding diaryl/α,β-unsaturated/α-hetero) is 1. The Morgan fingerprint density at radius 1 is 1.50 bits per heavy atom. The van der Waals surface area contributed by atoms with Crippen LogP contribution in [0.25, 0.3) is 0 Å². The van der Waals surface area contributed by atoms with Crippen LogP contribution in [-0.4, -0.2) is 30.7 Å². The van der Waals surface area contributed by atoms with Gasteiger partial charge in [-0.1, -0.05) is 0 Å². The molecule has 0 saturated carbocycles. The maximum absolute atomic E-state index is 11.4. The highest BCUT2D eigenvalue weighted by Crippen LogP contribution is 2.09. The van der Waals surface area contributed by atoms with Gasteiger partial charge in [-0.2, -0.15) is 0 Å². The van der Waals surface area contributed by atoms with E-state index in [1.807, 2.05) is 0 Å². The molecular formula is C9H12N2O3. The van der Waals surface area contributed by atoms with E-state index in [1.54, 1.807) is 6.92 Å². The highest BCUT2D eigenvalue weighted by atomic mass is 16.2. The number of amides is 2. The molecule has 14 heavy (non-hydrogen) atoms. The van der Waals surface area contributed by atoms with Gasteiger partial charge in [0.15, 0.2) is 5.78 Å². The molecule has 1 aliphatic heterocycles. The van der Waals surface area contributed by atoms with Crippen LogP contribution in [-0.2, 0) is 14.4 Å². The molecule has 0 aromatic carbocycles. The van der Waals surface area contributed by atoms with Gasteiger partial charge >= 0.3 is 0 Å². The number of nitrogens with one attached hydrogen (secondary N) is 2. The van der Waals surface area contributed by atoms with Crippen molar-refractivity contribution >= 4 is 17.6 Å². The van der Waals surface area contributed by atoms with Crippen LogP contribution in [0.2, 0.25) is 0 Å². The molecule has 2 amide bonds. The first-order valence-electron chi connectivity index (χ1n) is 4.38. The Morgan fingerprint density at radius 3 is 2.71 bits per heavy atom. The van der Waals surface area contributed by atoms with Crippen molar-refractivity contribution in [3.63, 3.8) is 0 Å². The van der Waals surface area contributed by atoms with E-state index in [-0.39, 0.29) is 23.5 Å². The van der Waals surface area contributed by atoms with Crippen molar-refractivity contribution in [3.8, 4) is 0 Å². The summed E-state index contributed by atoms with van der Waals surface area (Å²) in [4.78, 5) is 33.9. The van der Waals surface area contributed by atoms with Gasteiger partial charge in [0, 0.05) is 12.1 Å². The van der Waals surface area contributed by atoms with Gasteiger partial charge in [-0.3, -0.25) is 14.4 Å². The molecule has 1 aliphatic rings. The van der Waals surface area contributed by atoms with Crippen molar-refractivity contribution in [1.82, 2.24) is 10.6 Å². The maximum atomic E-state index is 11.4.